The predicted molar refractivity (Wildman–Crippen MR) is 143 cm³/mol. The normalized spacial score (nSPS) is 11.2. The Bertz CT molecular complexity index is 1420. The third-order valence-corrected chi connectivity index (χ3v) is 6.38. The van der Waals surface area contributed by atoms with Crippen molar-refractivity contribution in [1.29, 1.82) is 0 Å². The molecule has 180 valence electrons. The first-order valence-corrected chi connectivity index (χ1v) is 12.8. The number of amides is 1. The number of rotatable bonds is 8. The van der Waals surface area contributed by atoms with E-state index in [9.17, 15) is 9.18 Å². The summed E-state index contributed by atoms with van der Waals surface area (Å²) in [5.74, 6) is 0.287. The molecule has 0 spiro atoms. The Labute approximate surface area is 225 Å². The van der Waals surface area contributed by atoms with Crippen molar-refractivity contribution in [2.24, 2.45) is 5.10 Å². The zero-order chi connectivity index (χ0) is 24.9. The molecule has 6 nitrogen and oxygen atoms in total. The lowest BCUT2D eigenvalue weighted by atomic mass is 10.2. The first kappa shape index (κ1) is 25.4. The van der Waals surface area contributed by atoms with Crippen LogP contribution in [0.3, 0.4) is 0 Å². The van der Waals surface area contributed by atoms with Crippen molar-refractivity contribution in [1.82, 2.24) is 5.43 Å². The number of hydrogen-bond acceptors (Lipinski definition) is 5. The van der Waals surface area contributed by atoms with Gasteiger partial charge in [0.25, 0.3) is 0 Å². The average molecular weight is 669 g/mol. The number of hydrogen-bond donors (Lipinski definition) is 1. The van der Waals surface area contributed by atoms with E-state index in [0.29, 0.717) is 39.3 Å². The van der Waals surface area contributed by atoms with Crippen LogP contribution in [-0.2, 0) is 6.61 Å². The zero-order valence-corrected chi connectivity index (χ0v) is 23.0. The molecule has 0 saturated carbocycles. The fraction of sp³-hybridized carbons (Fsp3) is 0.120. The van der Waals surface area contributed by atoms with Crippen molar-refractivity contribution in [3.63, 3.8) is 0 Å². The lowest BCUT2D eigenvalue weighted by molar-refractivity contribution is 0.0929. The molecule has 3 aromatic carbocycles. The number of carbonyl (C=O) groups is 1. The van der Waals surface area contributed by atoms with Crippen LogP contribution in [0, 0.1) is 5.82 Å². The lowest BCUT2D eigenvalue weighted by Gasteiger charge is -2.14. The van der Waals surface area contributed by atoms with Crippen molar-refractivity contribution in [3.05, 3.63) is 90.7 Å². The molecule has 0 bridgehead atoms. The quantitative estimate of drug-likeness (QED) is 0.155. The van der Waals surface area contributed by atoms with Crippen LogP contribution in [0.25, 0.3) is 11.0 Å². The van der Waals surface area contributed by atoms with E-state index < -0.39 is 5.91 Å². The maximum Gasteiger partial charge on any atom is 0.307 e. The van der Waals surface area contributed by atoms with Gasteiger partial charge in [-0.25, -0.2) is 9.82 Å². The molecule has 0 unspecified atom stereocenters. The molecule has 4 rings (SSSR count). The van der Waals surface area contributed by atoms with Crippen LogP contribution in [0.15, 0.2) is 77.5 Å². The molecule has 0 atom stereocenters. The van der Waals surface area contributed by atoms with E-state index in [4.69, 9.17) is 13.9 Å². The molecular formula is C25H18Br3FN2O4. The molecule has 35 heavy (non-hydrogen) atoms. The molecule has 0 saturated heterocycles. The van der Waals surface area contributed by atoms with Gasteiger partial charge in [-0.05, 0) is 92.4 Å². The molecule has 1 N–H and O–H groups in total. The number of furan rings is 1. The first-order valence-electron chi connectivity index (χ1n) is 10.4. The summed E-state index contributed by atoms with van der Waals surface area (Å²) >= 11 is 10.3. The van der Waals surface area contributed by atoms with Crippen LogP contribution in [-0.4, -0.2) is 18.7 Å². The maximum absolute atomic E-state index is 13.5. The van der Waals surface area contributed by atoms with Gasteiger partial charge in [-0.1, -0.05) is 28.1 Å². The highest BCUT2D eigenvalue weighted by Crippen LogP contribution is 2.37. The van der Waals surface area contributed by atoms with Crippen molar-refractivity contribution in [2.45, 2.75) is 13.5 Å². The van der Waals surface area contributed by atoms with Crippen LogP contribution in [0.5, 0.6) is 11.5 Å². The summed E-state index contributed by atoms with van der Waals surface area (Å²) in [4.78, 5) is 12.5. The molecule has 0 aliphatic rings. The summed E-state index contributed by atoms with van der Waals surface area (Å²) in [5, 5.41) is 4.82. The lowest BCUT2D eigenvalue weighted by Crippen LogP contribution is -2.16. The van der Waals surface area contributed by atoms with E-state index in [-0.39, 0.29) is 18.2 Å². The van der Waals surface area contributed by atoms with Crippen LogP contribution in [0.2, 0.25) is 0 Å². The van der Waals surface area contributed by atoms with Gasteiger partial charge in [-0.15, -0.1) is 0 Å². The van der Waals surface area contributed by atoms with Crippen molar-refractivity contribution >= 4 is 70.9 Å². The molecule has 1 aromatic heterocycles. The van der Waals surface area contributed by atoms with Crippen molar-refractivity contribution in [3.8, 4) is 11.5 Å². The van der Waals surface area contributed by atoms with Crippen LogP contribution < -0.4 is 14.9 Å². The molecule has 4 aromatic rings. The van der Waals surface area contributed by atoms with Crippen LogP contribution in [0.1, 0.15) is 28.6 Å². The third kappa shape index (κ3) is 6.31. The number of ether oxygens (including phenoxy) is 2. The zero-order valence-electron chi connectivity index (χ0n) is 18.3. The summed E-state index contributed by atoms with van der Waals surface area (Å²) in [7, 11) is 0. The van der Waals surface area contributed by atoms with Gasteiger partial charge in [-0.3, -0.25) is 4.79 Å². The van der Waals surface area contributed by atoms with Crippen LogP contribution >= 0.6 is 47.8 Å². The Hall–Kier alpha value is -2.69. The fourth-order valence-electron chi connectivity index (χ4n) is 3.26. The van der Waals surface area contributed by atoms with Crippen molar-refractivity contribution in [2.75, 3.05) is 6.61 Å². The van der Waals surface area contributed by atoms with E-state index in [2.05, 4.69) is 58.3 Å². The summed E-state index contributed by atoms with van der Waals surface area (Å²) in [6.45, 7) is 2.44. The van der Waals surface area contributed by atoms with E-state index in [0.717, 1.165) is 14.3 Å². The molecule has 0 aliphatic carbocycles. The molecule has 0 aliphatic heterocycles. The Balaban J connectivity index is 1.48. The summed E-state index contributed by atoms with van der Waals surface area (Å²) in [5.41, 5.74) is 4.39. The minimum Gasteiger partial charge on any atom is -0.490 e. The number of halogens is 4. The second-order valence-corrected chi connectivity index (χ2v) is 9.92. The van der Waals surface area contributed by atoms with Gasteiger partial charge in [-0.2, -0.15) is 5.10 Å². The predicted octanol–water partition coefficient (Wildman–Crippen LogP) is 7.60. The Morgan fingerprint density at radius 2 is 1.91 bits per heavy atom. The molecule has 1 heterocycles. The van der Waals surface area contributed by atoms with Gasteiger partial charge in [0.1, 0.15) is 18.0 Å². The second kappa shape index (κ2) is 11.4. The number of hydrazone groups is 1. The largest absolute Gasteiger partial charge is 0.490 e. The highest BCUT2D eigenvalue weighted by Gasteiger charge is 2.15. The van der Waals surface area contributed by atoms with Gasteiger partial charge in [0, 0.05) is 9.86 Å². The average Bonchev–Trinajstić information content (AvgIpc) is 3.23. The number of carbonyl (C=O) groups excluding carboxylic acids is 1. The van der Waals surface area contributed by atoms with Gasteiger partial charge >= 0.3 is 5.91 Å². The maximum atomic E-state index is 13.5. The third-order valence-electron chi connectivity index (χ3n) is 4.74. The highest BCUT2D eigenvalue weighted by atomic mass is 79.9. The first-order chi connectivity index (χ1) is 16.8. The second-order valence-electron chi connectivity index (χ2n) is 7.30. The smallest absolute Gasteiger partial charge is 0.307 e. The number of nitrogens with one attached hydrogen (secondary N) is 1. The Kier molecular flexibility index (Phi) is 8.25. The van der Waals surface area contributed by atoms with Gasteiger partial charge < -0.3 is 13.9 Å². The van der Waals surface area contributed by atoms with Gasteiger partial charge in [0.2, 0.25) is 0 Å². The SMILES string of the molecule is CCOc1cc(/C=N\NC(=O)c2cc3cc(Br)cc(Br)c3o2)cc(Br)c1OCc1cccc(F)c1. The van der Waals surface area contributed by atoms with E-state index >= 15 is 0 Å². The fourth-order valence-corrected chi connectivity index (χ4v) is 5.17. The van der Waals surface area contributed by atoms with E-state index in [1.54, 1.807) is 30.3 Å². The van der Waals surface area contributed by atoms with E-state index in [1.807, 2.05) is 19.1 Å². The minimum atomic E-state index is -0.486. The Morgan fingerprint density at radius 3 is 2.69 bits per heavy atom. The topological polar surface area (TPSA) is 73.1 Å². The molecule has 10 heteroatoms. The van der Waals surface area contributed by atoms with Crippen molar-refractivity contribution < 1.29 is 23.1 Å². The highest BCUT2D eigenvalue weighted by molar-refractivity contribution is 9.11. The summed E-state index contributed by atoms with van der Waals surface area (Å²) in [6, 6.07) is 15.0. The van der Waals surface area contributed by atoms with E-state index in [1.165, 1.54) is 18.3 Å². The summed E-state index contributed by atoms with van der Waals surface area (Å²) in [6.07, 6.45) is 1.48. The number of benzene rings is 3. The molecular weight excluding hydrogens is 651 g/mol. The molecule has 0 radical (unpaired) electrons. The summed E-state index contributed by atoms with van der Waals surface area (Å²) < 4.78 is 32.9. The molecule has 1 amide bonds. The molecule has 0 fully saturated rings. The Morgan fingerprint density at radius 1 is 1.09 bits per heavy atom. The number of fused-ring (bicyclic) bond motifs is 1. The monoisotopic (exact) mass is 666 g/mol. The van der Waals surface area contributed by atoms with Gasteiger partial charge in [0.15, 0.2) is 17.3 Å². The van der Waals surface area contributed by atoms with Gasteiger partial charge in [0.05, 0.1) is 21.8 Å². The number of nitrogens with zero attached hydrogens (tertiary/aromatic N) is 1. The minimum absolute atomic E-state index is 0.133. The van der Waals surface area contributed by atoms with Crippen LogP contribution in [0.4, 0.5) is 4.39 Å². The standard InChI is InChI=1S/C25H18Br3FN2O4/c1-2-33-21-8-15(7-19(27)24(21)34-13-14-4-3-5-18(29)6-14)12-30-31-25(32)22-10-16-9-17(26)11-20(28)23(16)35-22/h3-12H,2,13H2,1H3,(H,31,32)/b30-12-.